The number of nitrogens with zero attached hydrogens (tertiary/aromatic N) is 2. The molecule has 4 heteroatoms. The SMILES string of the molecule is COc1cc2cc3nc4ccccc4n3cc2cc1OC. The van der Waals surface area contributed by atoms with Gasteiger partial charge < -0.3 is 9.47 Å². The van der Waals surface area contributed by atoms with E-state index in [-0.39, 0.29) is 0 Å². The van der Waals surface area contributed by atoms with Crippen molar-refractivity contribution in [3.8, 4) is 11.5 Å². The Kier molecular flexibility index (Phi) is 2.51. The topological polar surface area (TPSA) is 35.8 Å². The molecule has 4 nitrogen and oxygen atoms in total. The molecule has 0 aliphatic carbocycles. The summed E-state index contributed by atoms with van der Waals surface area (Å²) in [6.07, 6.45) is 2.09. The Hall–Kier alpha value is -2.75. The number of hydrogen-bond acceptors (Lipinski definition) is 3. The first-order valence-corrected chi connectivity index (χ1v) is 6.73. The maximum atomic E-state index is 5.38. The standard InChI is InChI=1S/C17H14N2O2/c1-20-15-7-11-9-17-18-13-5-3-4-6-14(13)19(17)10-12(11)8-16(15)21-2/h3-10H,1-2H3. The highest BCUT2D eigenvalue weighted by Gasteiger charge is 2.09. The van der Waals surface area contributed by atoms with E-state index in [1.807, 2.05) is 30.3 Å². The van der Waals surface area contributed by atoms with Crippen LogP contribution in [0, 0.1) is 0 Å². The van der Waals surface area contributed by atoms with Gasteiger partial charge in [-0.2, -0.15) is 0 Å². The highest BCUT2D eigenvalue weighted by molar-refractivity contribution is 5.91. The Morgan fingerprint density at radius 1 is 0.905 bits per heavy atom. The number of imidazole rings is 1. The first-order valence-electron chi connectivity index (χ1n) is 6.73. The van der Waals surface area contributed by atoms with Gasteiger partial charge in [0.05, 0.1) is 25.3 Å². The zero-order valence-corrected chi connectivity index (χ0v) is 11.8. The van der Waals surface area contributed by atoms with Gasteiger partial charge >= 0.3 is 0 Å². The minimum absolute atomic E-state index is 0.727. The molecule has 0 spiro atoms. The Morgan fingerprint density at radius 2 is 1.62 bits per heavy atom. The summed E-state index contributed by atoms with van der Waals surface area (Å²) in [7, 11) is 3.29. The molecule has 0 unspecified atom stereocenters. The summed E-state index contributed by atoms with van der Waals surface area (Å²) >= 11 is 0. The summed E-state index contributed by atoms with van der Waals surface area (Å²) in [4.78, 5) is 4.65. The van der Waals surface area contributed by atoms with Crippen molar-refractivity contribution >= 4 is 27.5 Å². The minimum Gasteiger partial charge on any atom is -0.493 e. The highest BCUT2D eigenvalue weighted by Crippen LogP contribution is 2.33. The summed E-state index contributed by atoms with van der Waals surface area (Å²) in [5, 5.41) is 2.17. The van der Waals surface area contributed by atoms with Crippen molar-refractivity contribution < 1.29 is 9.47 Å². The van der Waals surface area contributed by atoms with Crippen LogP contribution in [0.4, 0.5) is 0 Å². The lowest BCUT2D eigenvalue weighted by Gasteiger charge is -2.09. The van der Waals surface area contributed by atoms with E-state index >= 15 is 0 Å². The van der Waals surface area contributed by atoms with Gasteiger partial charge in [0.1, 0.15) is 5.65 Å². The molecule has 0 bridgehead atoms. The van der Waals surface area contributed by atoms with Gasteiger partial charge in [-0.15, -0.1) is 0 Å². The number of benzene rings is 2. The predicted octanol–water partition coefficient (Wildman–Crippen LogP) is 3.66. The van der Waals surface area contributed by atoms with Crippen molar-refractivity contribution in [1.82, 2.24) is 9.38 Å². The summed E-state index contributed by atoms with van der Waals surface area (Å²) in [6, 6.07) is 14.2. The monoisotopic (exact) mass is 278 g/mol. The molecular weight excluding hydrogens is 264 g/mol. The second-order valence-corrected chi connectivity index (χ2v) is 4.94. The number of ether oxygens (including phenoxy) is 2. The molecule has 21 heavy (non-hydrogen) atoms. The number of methoxy groups -OCH3 is 2. The van der Waals surface area contributed by atoms with Gasteiger partial charge in [-0.1, -0.05) is 12.1 Å². The molecule has 2 aromatic carbocycles. The molecular formula is C17H14N2O2. The maximum Gasteiger partial charge on any atom is 0.161 e. The normalized spacial score (nSPS) is 11.3. The van der Waals surface area contributed by atoms with E-state index in [0.29, 0.717) is 0 Å². The van der Waals surface area contributed by atoms with Gasteiger partial charge in [0.25, 0.3) is 0 Å². The van der Waals surface area contributed by atoms with Crippen LogP contribution in [-0.2, 0) is 0 Å². The molecule has 0 atom stereocenters. The first kappa shape index (κ1) is 12.0. The van der Waals surface area contributed by atoms with E-state index in [1.165, 1.54) is 0 Å². The molecule has 4 aromatic rings. The zero-order chi connectivity index (χ0) is 14.4. The molecule has 0 aliphatic heterocycles. The van der Waals surface area contributed by atoms with Crippen molar-refractivity contribution in [1.29, 1.82) is 0 Å². The fraction of sp³-hybridized carbons (Fsp3) is 0.118. The molecule has 4 rings (SSSR count). The van der Waals surface area contributed by atoms with Crippen LogP contribution >= 0.6 is 0 Å². The lowest BCUT2D eigenvalue weighted by Crippen LogP contribution is -1.92. The third-order valence-electron chi connectivity index (χ3n) is 3.77. The predicted molar refractivity (Wildman–Crippen MR) is 83.3 cm³/mol. The number of para-hydroxylation sites is 2. The van der Waals surface area contributed by atoms with Crippen LogP contribution in [0.3, 0.4) is 0 Å². The van der Waals surface area contributed by atoms with Gasteiger partial charge in [-0.25, -0.2) is 4.98 Å². The van der Waals surface area contributed by atoms with Crippen molar-refractivity contribution in [3.63, 3.8) is 0 Å². The average molecular weight is 278 g/mol. The number of rotatable bonds is 2. The lowest BCUT2D eigenvalue weighted by atomic mass is 10.1. The van der Waals surface area contributed by atoms with E-state index in [4.69, 9.17) is 9.47 Å². The smallest absolute Gasteiger partial charge is 0.161 e. The third-order valence-corrected chi connectivity index (χ3v) is 3.77. The Labute approximate surface area is 121 Å². The average Bonchev–Trinajstić information content (AvgIpc) is 2.88. The molecule has 2 heterocycles. The van der Waals surface area contributed by atoms with Crippen molar-refractivity contribution in [2.45, 2.75) is 0 Å². The quantitative estimate of drug-likeness (QED) is 0.561. The molecule has 0 saturated heterocycles. The van der Waals surface area contributed by atoms with Crippen molar-refractivity contribution in [2.75, 3.05) is 14.2 Å². The van der Waals surface area contributed by atoms with E-state index in [1.54, 1.807) is 14.2 Å². The van der Waals surface area contributed by atoms with Gasteiger partial charge in [-0.3, -0.25) is 4.40 Å². The molecule has 0 amide bonds. The molecule has 0 saturated carbocycles. The van der Waals surface area contributed by atoms with Crippen molar-refractivity contribution in [2.24, 2.45) is 0 Å². The first-order chi connectivity index (χ1) is 10.3. The third kappa shape index (κ3) is 1.72. The molecule has 2 aromatic heterocycles. The van der Waals surface area contributed by atoms with Crippen molar-refractivity contribution in [3.05, 3.63) is 48.7 Å². The largest absolute Gasteiger partial charge is 0.493 e. The lowest BCUT2D eigenvalue weighted by molar-refractivity contribution is 0.356. The molecule has 0 fully saturated rings. The van der Waals surface area contributed by atoms with Gasteiger partial charge in [0, 0.05) is 11.6 Å². The van der Waals surface area contributed by atoms with Crippen LogP contribution in [0.25, 0.3) is 27.5 Å². The summed E-state index contributed by atoms with van der Waals surface area (Å²) in [6.45, 7) is 0. The zero-order valence-electron chi connectivity index (χ0n) is 11.8. The summed E-state index contributed by atoms with van der Waals surface area (Å²) < 4.78 is 12.8. The Bertz CT molecular complexity index is 973. The van der Waals surface area contributed by atoms with Crippen LogP contribution in [0.5, 0.6) is 11.5 Å². The maximum absolute atomic E-state index is 5.38. The van der Waals surface area contributed by atoms with Gasteiger partial charge in [0.15, 0.2) is 11.5 Å². The number of aromatic nitrogens is 2. The molecule has 0 aliphatic rings. The summed E-state index contributed by atoms with van der Waals surface area (Å²) in [5.41, 5.74) is 3.02. The van der Waals surface area contributed by atoms with Crippen LogP contribution in [0.15, 0.2) is 48.7 Å². The number of hydrogen-bond donors (Lipinski definition) is 0. The van der Waals surface area contributed by atoms with Crippen LogP contribution in [0.2, 0.25) is 0 Å². The Balaban J connectivity index is 2.12. The number of fused-ring (bicyclic) bond motifs is 4. The van der Waals surface area contributed by atoms with Crippen LogP contribution in [0.1, 0.15) is 0 Å². The van der Waals surface area contributed by atoms with E-state index in [2.05, 4.69) is 27.7 Å². The van der Waals surface area contributed by atoms with E-state index in [0.717, 1.165) is 39.0 Å². The van der Waals surface area contributed by atoms with Gasteiger partial charge in [-0.05, 0) is 35.7 Å². The fourth-order valence-corrected chi connectivity index (χ4v) is 2.73. The fourth-order valence-electron chi connectivity index (χ4n) is 2.73. The Morgan fingerprint density at radius 3 is 2.38 bits per heavy atom. The number of pyridine rings is 1. The van der Waals surface area contributed by atoms with E-state index < -0.39 is 0 Å². The second kappa shape index (κ2) is 4.38. The van der Waals surface area contributed by atoms with Crippen LogP contribution in [-0.4, -0.2) is 23.6 Å². The molecule has 0 N–H and O–H groups in total. The highest BCUT2D eigenvalue weighted by atomic mass is 16.5. The van der Waals surface area contributed by atoms with E-state index in [9.17, 15) is 0 Å². The van der Waals surface area contributed by atoms with Gasteiger partial charge in [0.2, 0.25) is 0 Å². The molecule has 104 valence electrons. The van der Waals surface area contributed by atoms with Crippen LogP contribution < -0.4 is 9.47 Å². The minimum atomic E-state index is 0.727. The second-order valence-electron chi connectivity index (χ2n) is 4.94. The summed E-state index contributed by atoms with van der Waals surface area (Å²) in [5.74, 6) is 1.46. The molecule has 0 radical (unpaired) electrons.